The fourth-order valence-corrected chi connectivity index (χ4v) is 4.00. The number of hydrogen-bond acceptors (Lipinski definition) is 6. The monoisotopic (exact) mass is 417 g/mol. The molecule has 0 radical (unpaired) electrons. The van der Waals surface area contributed by atoms with Crippen LogP contribution in [0.1, 0.15) is 10.4 Å². The number of thiophene rings is 1. The summed E-state index contributed by atoms with van der Waals surface area (Å²) in [5.41, 5.74) is 8.95. The second kappa shape index (κ2) is 8.58. The first-order valence-electron chi connectivity index (χ1n) is 8.29. The zero-order valence-electron chi connectivity index (χ0n) is 15.3. The number of hydrogen-bond donors (Lipinski definition) is 3. The van der Waals surface area contributed by atoms with Gasteiger partial charge in [0.2, 0.25) is 0 Å². The van der Waals surface area contributed by atoms with Gasteiger partial charge in [-0.3, -0.25) is 18.9 Å². The minimum Gasteiger partial charge on any atom is -0.397 e. The van der Waals surface area contributed by atoms with Gasteiger partial charge >= 0.3 is 7.75 Å². The average molecular weight is 417 g/mol. The Balaban J connectivity index is 1.75. The summed E-state index contributed by atoms with van der Waals surface area (Å²) in [6.45, 7) is 0. The van der Waals surface area contributed by atoms with Gasteiger partial charge in [0.05, 0.1) is 11.4 Å². The number of anilines is 3. The molecule has 0 spiro atoms. The van der Waals surface area contributed by atoms with E-state index in [1.807, 2.05) is 29.6 Å². The average Bonchev–Trinajstić information content (AvgIpc) is 3.25. The van der Waals surface area contributed by atoms with Crippen LogP contribution in [0.25, 0.3) is 10.4 Å². The molecule has 0 aliphatic rings. The van der Waals surface area contributed by atoms with E-state index in [0.29, 0.717) is 22.6 Å². The van der Waals surface area contributed by atoms with Crippen LogP contribution in [0.4, 0.5) is 17.1 Å². The third kappa shape index (κ3) is 4.61. The summed E-state index contributed by atoms with van der Waals surface area (Å²) in [7, 11) is -0.828. The van der Waals surface area contributed by atoms with Crippen LogP contribution in [0.3, 0.4) is 0 Å². The van der Waals surface area contributed by atoms with Gasteiger partial charge in [-0.25, -0.2) is 4.57 Å². The first-order valence-corrected chi connectivity index (χ1v) is 10.7. The molecule has 4 N–H and O–H groups in total. The largest absolute Gasteiger partial charge is 0.432 e. The maximum Gasteiger partial charge on any atom is 0.432 e. The molecule has 0 saturated carbocycles. The maximum absolute atomic E-state index is 12.6. The second-order valence-corrected chi connectivity index (χ2v) is 8.68. The van der Waals surface area contributed by atoms with Gasteiger partial charge in [-0.1, -0.05) is 12.1 Å². The van der Waals surface area contributed by atoms with Crippen LogP contribution < -0.4 is 16.1 Å². The normalized spacial score (nSPS) is 11.2. The van der Waals surface area contributed by atoms with E-state index in [1.54, 1.807) is 41.7 Å². The molecule has 0 aliphatic heterocycles. The van der Waals surface area contributed by atoms with Gasteiger partial charge in [-0.15, -0.1) is 11.3 Å². The highest BCUT2D eigenvalue weighted by Gasteiger charge is 2.20. The van der Waals surface area contributed by atoms with Crippen LogP contribution >= 0.6 is 19.1 Å². The van der Waals surface area contributed by atoms with Gasteiger partial charge in [0.1, 0.15) is 0 Å². The Morgan fingerprint density at radius 1 is 1.07 bits per heavy atom. The SMILES string of the molecule is COP(=O)(Nc1ccc(C(=O)Nc2cc(-c3cccs3)ccc2N)cc1)OC. The number of nitrogens with one attached hydrogen (secondary N) is 2. The molecular formula is C19H20N3O4PS. The quantitative estimate of drug-likeness (QED) is 0.367. The fraction of sp³-hybridized carbons (Fsp3) is 0.105. The molecule has 0 aliphatic carbocycles. The van der Waals surface area contributed by atoms with Crippen molar-refractivity contribution in [2.75, 3.05) is 30.4 Å². The summed E-state index contributed by atoms with van der Waals surface area (Å²) in [6.07, 6.45) is 0. The minimum absolute atomic E-state index is 0.303. The van der Waals surface area contributed by atoms with E-state index in [9.17, 15) is 9.36 Å². The smallest absolute Gasteiger partial charge is 0.397 e. The van der Waals surface area contributed by atoms with Crippen molar-refractivity contribution in [1.82, 2.24) is 0 Å². The van der Waals surface area contributed by atoms with E-state index < -0.39 is 7.75 Å². The molecule has 1 aromatic heterocycles. The topological polar surface area (TPSA) is 103 Å². The highest BCUT2D eigenvalue weighted by molar-refractivity contribution is 7.55. The Labute approximate surface area is 167 Å². The maximum atomic E-state index is 12.6. The number of rotatable bonds is 7. The summed E-state index contributed by atoms with van der Waals surface area (Å²) in [5.74, 6) is -0.303. The van der Waals surface area contributed by atoms with Crippen LogP contribution in [0.15, 0.2) is 60.0 Å². The highest BCUT2D eigenvalue weighted by Crippen LogP contribution is 2.45. The van der Waals surface area contributed by atoms with Gasteiger partial charge in [0, 0.05) is 30.3 Å². The standard InChI is InChI=1S/C19H20N3O4PS/c1-25-27(24,26-2)22-15-8-5-13(6-9-15)19(23)21-17-12-14(7-10-16(17)20)18-4-3-11-28-18/h3-12H,20H2,1-2H3,(H,21,23)(H,22,24). The van der Waals surface area contributed by atoms with E-state index in [4.69, 9.17) is 14.8 Å². The lowest BCUT2D eigenvalue weighted by molar-refractivity contribution is 0.102. The number of nitrogens with two attached hydrogens (primary N) is 1. The van der Waals surface area contributed by atoms with E-state index in [-0.39, 0.29) is 5.91 Å². The van der Waals surface area contributed by atoms with Crippen molar-refractivity contribution in [3.63, 3.8) is 0 Å². The Morgan fingerprint density at radius 2 is 1.79 bits per heavy atom. The third-order valence-electron chi connectivity index (χ3n) is 4.00. The molecule has 146 valence electrons. The molecular weight excluding hydrogens is 397 g/mol. The second-order valence-electron chi connectivity index (χ2n) is 5.79. The first-order chi connectivity index (χ1) is 13.4. The molecule has 0 unspecified atom stereocenters. The van der Waals surface area contributed by atoms with Crippen LogP contribution in [0, 0.1) is 0 Å². The molecule has 28 heavy (non-hydrogen) atoms. The zero-order valence-corrected chi connectivity index (χ0v) is 17.1. The molecule has 7 nitrogen and oxygen atoms in total. The molecule has 0 bridgehead atoms. The summed E-state index contributed by atoms with van der Waals surface area (Å²) in [6, 6.07) is 16.0. The Hall–Kier alpha value is -2.64. The van der Waals surface area contributed by atoms with Crippen molar-refractivity contribution < 1.29 is 18.4 Å². The summed E-state index contributed by atoms with van der Waals surface area (Å²) < 4.78 is 21.8. The molecule has 9 heteroatoms. The van der Waals surface area contributed by atoms with Gasteiger partial charge in [-0.05, 0) is 53.4 Å². The predicted molar refractivity (Wildman–Crippen MR) is 114 cm³/mol. The molecule has 3 rings (SSSR count). The van der Waals surface area contributed by atoms with Crippen molar-refractivity contribution >= 4 is 42.1 Å². The molecule has 1 amide bonds. The number of amides is 1. The number of benzene rings is 2. The number of carbonyl (C=O) groups is 1. The zero-order chi connectivity index (χ0) is 20.1. The molecule has 0 saturated heterocycles. The minimum atomic E-state index is -3.40. The lowest BCUT2D eigenvalue weighted by Gasteiger charge is -2.15. The van der Waals surface area contributed by atoms with Crippen molar-refractivity contribution in [2.45, 2.75) is 0 Å². The van der Waals surface area contributed by atoms with Crippen LogP contribution in [0.2, 0.25) is 0 Å². The summed E-state index contributed by atoms with van der Waals surface area (Å²) in [4.78, 5) is 13.7. The van der Waals surface area contributed by atoms with Crippen molar-refractivity contribution in [2.24, 2.45) is 0 Å². The van der Waals surface area contributed by atoms with Crippen molar-refractivity contribution in [3.8, 4) is 10.4 Å². The van der Waals surface area contributed by atoms with Crippen molar-refractivity contribution in [3.05, 3.63) is 65.5 Å². The van der Waals surface area contributed by atoms with Gasteiger partial charge in [0.15, 0.2) is 0 Å². The van der Waals surface area contributed by atoms with E-state index in [0.717, 1.165) is 10.4 Å². The van der Waals surface area contributed by atoms with Gasteiger partial charge in [0.25, 0.3) is 5.91 Å². The van der Waals surface area contributed by atoms with Crippen LogP contribution in [-0.4, -0.2) is 20.1 Å². The number of nitrogen functional groups attached to an aromatic ring is 1. The summed E-state index contributed by atoms with van der Waals surface area (Å²) in [5, 5.41) is 7.49. The van der Waals surface area contributed by atoms with Crippen molar-refractivity contribution in [1.29, 1.82) is 0 Å². The molecule has 2 aromatic carbocycles. The van der Waals surface area contributed by atoms with E-state index in [1.165, 1.54) is 14.2 Å². The van der Waals surface area contributed by atoms with E-state index >= 15 is 0 Å². The Morgan fingerprint density at radius 3 is 2.39 bits per heavy atom. The number of carbonyl (C=O) groups excluding carboxylic acids is 1. The lowest BCUT2D eigenvalue weighted by Crippen LogP contribution is -2.13. The first kappa shape index (κ1) is 20.1. The summed E-state index contributed by atoms with van der Waals surface area (Å²) >= 11 is 1.61. The van der Waals surface area contributed by atoms with E-state index in [2.05, 4.69) is 10.4 Å². The van der Waals surface area contributed by atoms with Gasteiger partial charge < -0.3 is 11.1 Å². The fourth-order valence-electron chi connectivity index (χ4n) is 2.48. The Kier molecular flexibility index (Phi) is 6.16. The molecule has 1 heterocycles. The van der Waals surface area contributed by atoms with Gasteiger partial charge in [-0.2, -0.15) is 0 Å². The molecule has 0 fully saturated rings. The predicted octanol–water partition coefficient (Wildman–Crippen LogP) is 5.06. The third-order valence-corrected chi connectivity index (χ3v) is 6.41. The van der Waals surface area contributed by atoms with Crippen LogP contribution in [-0.2, 0) is 13.6 Å². The molecule has 3 aromatic rings. The van der Waals surface area contributed by atoms with Crippen LogP contribution in [0.5, 0.6) is 0 Å². The molecule has 0 atom stereocenters. The highest BCUT2D eigenvalue weighted by atomic mass is 32.1. The lowest BCUT2D eigenvalue weighted by atomic mass is 10.1. The Bertz CT molecular complexity index is 999.